The third-order valence-corrected chi connectivity index (χ3v) is 3.95. The van der Waals surface area contributed by atoms with Crippen LogP contribution in [0.25, 0.3) is 0 Å². The predicted molar refractivity (Wildman–Crippen MR) is 80.3 cm³/mol. The minimum atomic E-state index is 0.669. The largest absolute Gasteiger partial charge is 0.496 e. The van der Waals surface area contributed by atoms with Gasteiger partial charge in [0.05, 0.1) is 25.7 Å². The molecule has 1 saturated carbocycles. The molecule has 1 aromatic carbocycles. The van der Waals surface area contributed by atoms with Gasteiger partial charge in [-0.15, -0.1) is 0 Å². The molecular weight excluding hydrogens is 250 g/mol. The Morgan fingerprint density at radius 1 is 1.35 bits per heavy atom. The first-order valence-corrected chi connectivity index (χ1v) is 7.09. The number of nitrogens with zero attached hydrogens (tertiary/aromatic N) is 2. The van der Waals surface area contributed by atoms with Crippen molar-refractivity contribution in [2.45, 2.75) is 39.3 Å². The van der Waals surface area contributed by atoms with E-state index in [9.17, 15) is 0 Å². The van der Waals surface area contributed by atoms with Crippen molar-refractivity contribution < 1.29 is 4.74 Å². The zero-order valence-electron chi connectivity index (χ0n) is 12.3. The van der Waals surface area contributed by atoms with Gasteiger partial charge in [-0.3, -0.25) is 0 Å². The van der Waals surface area contributed by atoms with Crippen LogP contribution < -0.4 is 10.1 Å². The highest BCUT2D eigenvalue weighted by molar-refractivity contribution is 5.59. The van der Waals surface area contributed by atoms with Crippen molar-refractivity contribution in [3.63, 3.8) is 0 Å². The van der Waals surface area contributed by atoms with Gasteiger partial charge in [0.1, 0.15) is 5.75 Å². The van der Waals surface area contributed by atoms with Crippen LogP contribution in [0, 0.1) is 13.8 Å². The summed E-state index contributed by atoms with van der Waals surface area (Å²) in [5.74, 6) is 0.964. The Kier molecular flexibility index (Phi) is 3.38. The van der Waals surface area contributed by atoms with E-state index in [0.29, 0.717) is 6.04 Å². The van der Waals surface area contributed by atoms with Crippen LogP contribution in [0.5, 0.6) is 5.75 Å². The van der Waals surface area contributed by atoms with Gasteiger partial charge >= 0.3 is 0 Å². The number of aromatic nitrogens is 2. The molecule has 0 radical (unpaired) electrons. The van der Waals surface area contributed by atoms with Crippen molar-refractivity contribution in [3.8, 4) is 5.75 Å². The first-order valence-electron chi connectivity index (χ1n) is 7.09. The van der Waals surface area contributed by atoms with Crippen molar-refractivity contribution in [2.24, 2.45) is 0 Å². The molecule has 0 atom stereocenters. The van der Waals surface area contributed by atoms with Crippen molar-refractivity contribution >= 4 is 5.69 Å². The topological polar surface area (TPSA) is 39.1 Å². The molecule has 1 heterocycles. The average Bonchev–Trinajstić information content (AvgIpc) is 3.18. The molecule has 1 aliphatic carbocycles. The molecule has 0 saturated heterocycles. The number of nitrogens with one attached hydrogen (secondary N) is 1. The maximum Gasteiger partial charge on any atom is 0.126 e. The van der Waals surface area contributed by atoms with Gasteiger partial charge < -0.3 is 14.6 Å². The standard InChI is InChI=1S/C16H21N3O/c1-11-4-7-15(12(2)16(11)20-3)18-9-14-8-17-10-19(14)13-5-6-13/h4,7-8,10,13,18H,5-6,9H2,1-3H3. The van der Waals surface area contributed by atoms with E-state index in [-0.39, 0.29) is 0 Å². The van der Waals surface area contributed by atoms with Gasteiger partial charge in [0.2, 0.25) is 0 Å². The van der Waals surface area contributed by atoms with Crippen LogP contribution in [0.3, 0.4) is 0 Å². The number of methoxy groups -OCH3 is 1. The molecule has 1 N–H and O–H groups in total. The molecule has 4 heteroatoms. The van der Waals surface area contributed by atoms with E-state index in [4.69, 9.17) is 4.74 Å². The number of anilines is 1. The molecule has 0 bridgehead atoms. The van der Waals surface area contributed by atoms with Crippen molar-refractivity contribution in [3.05, 3.63) is 41.5 Å². The molecule has 106 valence electrons. The highest BCUT2D eigenvalue weighted by Gasteiger charge is 2.25. The van der Waals surface area contributed by atoms with E-state index in [2.05, 4.69) is 40.8 Å². The Bertz CT molecular complexity index is 614. The summed E-state index contributed by atoms with van der Waals surface area (Å²) in [4.78, 5) is 4.26. The number of aryl methyl sites for hydroxylation is 1. The van der Waals surface area contributed by atoms with E-state index in [1.54, 1.807) is 7.11 Å². The summed E-state index contributed by atoms with van der Waals surface area (Å²) < 4.78 is 7.75. The van der Waals surface area contributed by atoms with E-state index in [1.165, 1.54) is 24.1 Å². The normalized spacial score (nSPS) is 14.3. The lowest BCUT2D eigenvalue weighted by Gasteiger charge is -2.15. The summed E-state index contributed by atoms with van der Waals surface area (Å²) in [6.45, 7) is 4.95. The van der Waals surface area contributed by atoms with E-state index in [1.807, 2.05) is 12.5 Å². The van der Waals surface area contributed by atoms with Crippen LogP contribution in [0.2, 0.25) is 0 Å². The monoisotopic (exact) mass is 271 g/mol. The van der Waals surface area contributed by atoms with Gasteiger partial charge in [0, 0.05) is 23.5 Å². The van der Waals surface area contributed by atoms with Crippen LogP contribution >= 0.6 is 0 Å². The van der Waals surface area contributed by atoms with Crippen LogP contribution in [-0.4, -0.2) is 16.7 Å². The second-order valence-corrected chi connectivity index (χ2v) is 5.47. The maximum absolute atomic E-state index is 5.47. The first kappa shape index (κ1) is 13.0. The number of rotatable bonds is 5. The summed E-state index contributed by atoms with van der Waals surface area (Å²) in [6.07, 6.45) is 6.45. The quantitative estimate of drug-likeness (QED) is 0.905. The highest BCUT2D eigenvalue weighted by Crippen LogP contribution is 2.36. The summed E-state index contributed by atoms with van der Waals surface area (Å²) in [5, 5.41) is 3.50. The van der Waals surface area contributed by atoms with Gasteiger partial charge in [-0.25, -0.2) is 4.98 Å². The lowest BCUT2D eigenvalue weighted by atomic mass is 10.1. The number of ether oxygens (including phenoxy) is 1. The second kappa shape index (κ2) is 5.19. The molecule has 1 aromatic heterocycles. The smallest absolute Gasteiger partial charge is 0.126 e. The average molecular weight is 271 g/mol. The molecule has 2 aromatic rings. The lowest BCUT2D eigenvalue weighted by molar-refractivity contribution is 0.409. The molecule has 0 amide bonds. The number of hydrogen-bond acceptors (Lipinski definition) is 3. The number of imidazole rings is 1. The van der Waals surface area contributed by atoms with Crippen LogP contribution in [0.4, 0.5) is 5.69 Å². The minimum absolute atomic E-state index is 0.669. The highest BCUT2D eigenvalue weighted by atomic mass is 16.5. The second-order valence-electron chi connectivity index (χ2n) is 5.47. The molecule has 1 aliphatic rings. The molecule has 0 unspecified atom stereocenters. The Morgan fingerprint density at radius 3 is 2.85 bits per heavy atom. The van der Waals surface area contributed by atoms with Crippen LogP contribution in [0.1, 0.15) is 35.7 Å². The zero-order valence-corrected chi connectivity index (χ0v) is 12.3. The maximum atomic E-state index is 5.47. The van der Waals surface area contributed by atoms with Crippen LogP contribution in [0.15, 0.2) is 24.7 Å². The lowest BCUT2D eigenvalue weighted by Crippen LogP contribution is -2.07. The third-order valence-electron chi connectivity index (χ3n) is 3.95. The fourth-order valence-electron chi connectivity index (χ4n) is 2.67. The molecule has 3 rings (SSSR count). The van der Waals surface area contributed by atoms with Gasteiger partial charge in [-0.1, -0.05) is 6.07 Å². The fourth-order valence-corrected chi connectivity index (χ4v) is 2.67. The fraction of sp³-hybridized carbons (Fsp3) is 0.438. The van der Waals surface area contributed by atoms with Gasteiger partial charge in [0.15, 0.2) is 0 Å². The summed E-state index contributed by atoms with van der Waals surface area (Å²) >= 11 is 0. The molecule has 1 fully saturated rings. The van der Waals surface area contributed by atoms with Gasteiger partial charge in [-0.05, 0) is 38.3 Å². The first-order chi connectivity index (χ1) is 9.70. The Balaban J connectivity index is 1.76. The molecule has 0 aliphatic heterocycles. The van der Waals surface area contributed by atoms with E-state index < -0.39 is 0 Å². The molecule has 20 heavy (non-hydrogen) atoms. The van der Waals surface area contributed by atoms with Crippen molar-refractivity contribution in [1.29, 1.82) is 0 Å². The third kappa shape index (κ3) is 2.38. The Morgan fingerprint density at radius 2 is 2.15 bits per heavy atom. The number of benzene rings is 1. The summed E-state index contributed by atoms with van der Waals surface area (Å²) in [5.41, 5.74) is 4.69. The molecular formula is C16H21N3O. The predicted octanol–water partition coefficient (Wildman–Crippen LogP) is 3.46. The summed E-state index contributed by atoms with van der Waals surface area (Å²) in [6, 6.07) is 4.88. The zero-order chi connectivity index (χ0) is 14.1. The Hall–Kier alpha value is -1.97. The minimum Gasteiger partial charge on any atom is -0.496 e. The molecule has 0 spiro atoms. The SMILES string of the molecule is COc1c(C)ccc(NCc2cncn2C2CC2)c1C. The van der Waals surface area contributed by atoms with E-state index >= 15 is 0 Å². The summed E-state index contributed by atoms with van der Waals surface area (Å²) in [7, 11) is 1.72. The van der Waals surface area contributed by atoms with Gasteiger partial charge in [-0.2, -0.15) is 0 Å². The number of hydrogen-bond donors (Lipinski definition) is 1. The van der Waals surface area contributed by atoms with Gasteiger partial charge in [0.25, 0.3) is 0 Å². The Labute approximate surface area is 119 Å². The molecule has 4 nitrogen and oxygen atoms in total. The van der Waals surface area contributed by atoms with Crippen molar-refractivity contribution in [1.82, 2.24) is 9.55 Å². The van der Waals surface area contributed by atoms with E-state index in [0.717, 1.165) is 23.5 Å². The van der Waals surface area contributed by atoms with Crippen molar-refractivity contribution in [2.75, 3.05) is 12.4 Å². The van der Waals surface area contributed by atoms with Crippen LogP contribution in [-0.2, 0) is 6.54 Å².